The largest absolute Gasteiger partial charge is 0.416 e. The minimum atomic E-state index is -4.63. The Morgan fingerprint density at radius 2 is 0.857 bits per heavy atom. The summed E-state index contributed by atoms with van der Waals surface area (Å²) in [5.74, 6) is 0. The molecule has 0 amide bonds. The maximum Gasteiger partial charge on any atom is 0.416 e. The van der Waals surface area contributed by atoms with E-state index < -0.39 is 23.5 Å². The summed E-state index contributed by atoms with van der Waals surface area (Å²) in [5.41, 5.74) is 0.255. The lowest BCUT2D eigenvalue weighted by Crippen LogP contribution is -2.06. The molecule has 7 aromatic rings. The SMILES string of the molecule is FC(F)(F)c1cc(-c2cccc(-c3cc(C(F)(F)F)cc4c3ncc3ccccc34)c2)c2ncc3ccccc3c2c1. The van der Waals surface area contributed by atoms with E-state index in [9.17, 15) is 26.3 Å². The highest BCUT2D eigenvalue weighted by molar-refractivity contribution is 6.12. The fraction of sp³-hybridized carbons (Fsp3) is 0.0588. The molecule has 0 saturated heterocycles. The lowest BCUT2D eigenvalue weighted by Gasteiger charge is -2.16. The van der Waals surface area contributed by atoms with Gasteiger partial charge in [0.05, 0.1) is 22.2 Å². The summed E-state index contributed by atoms with van der Waals surface area (Å²) in [6, 6.07) is 24.8. The van der Waals surface area contributed by atoms with Crippen LogP contribution in [0.5, 0.6) is 0 Å². The Bertz CT molecular complexity index is 2030. The van der Waals surface area contributed by atoms with E-state index in [0.717, 1.165) is 24.3 Å². The molecule has 0 radical (unpaired) electrons. The molecule has 0 unspecified atom stereocenters. The van der Waals surface area contributed by atoms with Gasteiger partial charge in [-0.15, -0.1) is 0 Å². The number of aromatic nitrogens is 2. The van der Waals surface area contributed by atoms with Crippen LogP contribution in [-0.4, -0.2) is 9.97 Å². The highest BCUT2D eigenvalue weighted by Crippen LogP contribution is 2.42. The van der Waals surface area contributed by atoms with Crippen LogP contribution in [0.4, 0.5) is 26.3 Å². The van der Waals surface area contributed by atoms with Crippen LogP contribution in [0, 0.1) is 0 Å². The number of rotatable bonds is 2. The zero-order valence-electron chi connectivity index (χ0n) is 21.6. The molecular weight excluding hydrogens is 550 g/mol. The molecule has 0 aliphatic rings. The molecule has 5 aromatic carbocycles. The number of hydrogen-bond acceptors (Lipinski definition) is 2. The third-order valence-electron chi connectivity index (χ3n) is 7.53. The predicted molar refractivity (Wildman–Crippen MR) is 153 cm³/mol. The van der Waals surface area contributed by atoms with Gasteiger partial charge in [0.15, 0.2) is 0 Å². The van der Waals surface area contributed by atoms with Gasteiger partial charge in [-0.25, -0.2) is 0 Å². The van der Waals surface area contributed by atoms with E-state index >= 15 is 0 Å². The van der Waals surface area contributed by atoms with Crippen LogP contribution in [0.15, 0.2) is 109 Å². The molecule has 7 rings (SSSR count). The molecule has 0 fully saturated rings. The van der Waals surface area contributed by atoms with Crippen molar-refractivity contribution in [3.05, 3.63) is 121 Å². The molecule has 0 saturated carbocycles. The lowest BCUT2D eigenvalue weighted by molar-refractivity contribution is -0.138. The van der Waals surface area contributed by atoms with Gasteiger partial charge in [-0.2, -0.15) is 26.3 Å². The summed E-state index contributed by atoms with van der Waals surface area (Å²) in [6.45, 7) is 0. The van der Waals surface area contributed by atoms with Crippen molar-refractivity contribution in [1.29, 1.82) is 0 Å². The zero-order chi connectivity index (χ0) is 29.2. The van der Waals surface area contributed by atoms with Crippen molar-refractivity contribution in [1.82, 2.24) is 9.97 Å². The van der Waals surface area contributed by atoms with Crippen molar-refractivity contribution in [3.63, 3.8) is 0 Å². The van der Waals surface area contributed by atoms with E-state index in [1.54, 1.807) is 85.2 Å². The van der Waals surface area contributed by atoms with Gasteiger partial charge in [0.25, 0.3) is 0 Å². The van der Waals surface area contributed by atoms with Gasteiger partial charge in [-0.05, 0) is 52.2 Å². The molecular formula is C34H18F6N2. The Morgan fingerprint density at radius 3 is 1.29 bits per heavy atom. The Kier molecular flexibility index (Phi) is 5.73. The standard InChI is InChI=1S/C34H18F6N2/c35-33(36,37)23-13-27(31-29(15-23)25-10-3-1-6-21(25)17-41-31)19-8-5-9-20(12-19)28-14-24(34(38,39)40)16-30-26-11-4-2-7-22(26)18-42-32(28)30/h1-18H. The molecule has 2 nitrogen and oxygen atoms in total. The monoisotopic (exact) mass is 568 g/mol. The van der Waals surface area contributed by atoms with E-state index in [4.69, 9.17) is 0 Å². The van der Waals surface area contributed by atoms with E-state index in [-0.39, 0.29) is 11.1 Å². The second-order valence-electron chi connectivity index (χ2n) is 10.1. The Morgan fingerprint density at radius 1 is 0.429 bits per heavy atom. The van der Waals surface area contributed by atoms with Crippen molar-refractivity contribution in [2.75, 3.05) is 0 Å². The molecule has 0 aliphatic carbocycles. The molecule has 0 bridgehead atoms. The van der Waals surface area contributed by atoms with Gasteiger partial charge in [-0.1, -0.05) is 66.7 Å². The fourth-order valence-electron chi connectivity index (χ4n) is 5.56. The van der Waals surface area contributed by atoms with Gasteiger partial charge in [0.1, 0.15) is 0 Å². The van der Waals surface area contributed by atoms with E-state index in [1.165, 1.54) is 0 Å². The number of hydrogen-bond donors (Lipinski definition) is 0. The van der Waals surface area contributed by atoms with Crippen molar-refractivity contribution >= 4 is 43.4 Å². The molecule has 0 spiro atoms. The highest BCUT2D eigenvalue weighted by Gasteiger charge is 2.33. The van der Waals surface area contributed by atoms with Crippen LogP contribution in [0.2, 0.25) is 0 Å². The molecule has 8 heteroatoms. The quantitative estimate of drug-likeness (QED) is 0.153. The first-order chi connectivity index (χ1) is 20.1. The molecule has 2 aromatic heterocycles. The van der Waals surface area contributed by atoms with Crippen LogP contribution in [-0.2, 0) is 12.4 Å². The van der Waals surface area contributed by atoms with Crippen molar-refractivity contribution in [2.24, 2.45) is 0 Å². The van der Waals surface area contributed by atoms with Crippen LogP contribution in [0.1, 0.15) is 11.1 Å². The van der Waals surface area contributed by atoms with Gasteiger partial charge in [-0.3, -0.25) is 9.97 Å². The van der Waals surface area contributed by atoms with Crippen LogP contribution < -0.4 is 0 Å². The predicted octanol–water partition coefficient (Wildman–Crippen LogP) is 10.5. The minimum absolute atomic E-state index is 0.224. The molecule has 0 N–H and O–H groups in total. The third kappa shape index (κ3) is 4.31. The first kappa shape index (κ1) is 26.0. The van der Waals surface area contributed by atoms with Gasteiger partial charge in [0, 0.05) is 45.1 Å². The number of halogens is 6. The number of alkyl halides is 6. The van der Waals surface area contributed by atoms with E-state index in [0.29, 0.717) is 54.5 Å². The number of benzene rings is 5. The average molecular weight is 569 g/mol. The maximum absolute atomic E-state index is 14.1. The second kappa shape index (κ2) is 9.27. The first-order valence-electron chi connectivity index (χ1n) is 13.0. The first-order valence-corrected chi connectivity index (χ1v) is 13.0. The molecule has 42 heavy (non-hydrogen) atoms. The molecule has 0 atom stereocenters. The molecule has 206 valence electrons. The van der Waals surface area contributed by atoms with Crippen LogP contribution in [0.3, 0.4) is 0 Å². The Hall–Kier alpha value is -4.98. The number of nitrogens with zero attached hydrogens (tertiary/aromatic N) is 2. The van der Waals surface area contributed by atoms with E-state index in [1.807, 2.05) is 0 Å². The van der Waals surface area contributed by atoms with E-state index in [2.05, 4.69) is 9.97 Å². The summed E-state index contributed by atoms with van der Waals surface area (Å²) in [6.07, 6.45) is -6.04. The van der Waals surface area contributed by atoms with Crippen LogP contribution in [0.25, 0.3) is 65.6 Å². The summed E-state index contributed by atoms with van der Waals surface area (Å²) < 4.78 is 84.5. The number of pyridine rings is 2. The summed E-state index contributed by atoms with van der Waals surface area (Å²) in [4.78, 5) is 9.03. The normalized spacial score (nSPS) is 12.5. The van der Waals surface area contributed by atoms with Gasteiger partial charge in [0.2, 0.25) is 0 Å². The van der Waals surface area contributed by atoms with Gasteiger partial charge >= 0.3 is 12.4 Å². The van der Waals surface area contributed by atoms with Crippen molar-refractivity contribution < 1.29 is 26.3 Å². The Balaban J connectivity index is 1.51. The zero-order valence-corrected chi connectivity index (χ0v) is 21.6. The summed E-state index contributed by atoms with van der Waals surface area (Å²) in [7, 11) is 0. The maximum atomic E-state index is 14.1. The molecule has 2 heterocycles. The van der Waals surface area contributed by atoms with Gasteiger partial charge < -0.3 is 0 Å². The lowest BCUT2D eigenvalue weighted by atomic mass is 9.92. The highest BCUT2D eigenvalue weighted by atomic mass is 19.4. The topological polar surface area (TPSA) is 25.8 Å². The summed E-state index contributed by atoms with van der Waals surface area (Å²) in [5, 5.41) is 3.29. The summed E-state index contributed by atoms with van der Waals surface area (Å²) >= 11 is 0. The molecule has 0 aliphatic heterocycles. The van der Waals surface area contributed by atoms with Crippen molar-refractivity contribution in [3.8, 4) is 22.3 Å². The minimum Gasteiger partial charge on any atom is -0.255 e. The second-order valence-corrected chi connectivity index (χ2v) is 10.1. The number of fused-ring (bicyclic) bond motifs is 6. The third-order valence-corrected chi connectivity index (χ3v) is 7.53. The Labute approximate surface area is 234 Å². The fourth-order valence-corrected chi connectivity index (χ4v) is 5.56. The smallest absolute Gasteiger partial charge is 0.255 e. The van der Waals surface area contributed by atoms with Crippen LogP contribution >= 0.6 is 0 Å². The average Bonchev–Trinajstić information content (AvgIpc) is 2.99. The van der Waals surface area contributed by atoms with Crippen molar-refractivity contribution in [2.45, 2.75) is 12.4 Å².